The zero-order chi connectivity index (χ0) is 17.5. The van der Waals surface area contributed by atoms with E-state index in [1.807, 2.05) is 0 Å². The first-order chi connectivity index (χ1) is 11.5. The van der Waals surface area contributed by atoms with E-state index in [0.29, 0.717) is 22.6 Å². The summed E-state index contributed by atoms with van der Waals surface area (Å²) < 4.78 is 9.75. The summed E-state index contributed by atoms with van der Waals surface area (Å²) in [5, 5.41) is 5.45. The Morgan fingerprint density at radius 1 is 1.00 bits per heavy atom. The van der Waals surface area contributed by atoms with Gasteiger partial charge < -0.3 is 14.8 Å². The van der Waals surface area contributed by atoms with Gasteiger partial charge in [0.1, 0.15) is 5.75 Å². The van der Waals surface area contributed by atoms with Gasteiger partial charge in [0.05, 0.1) is 25.5 Å². The van der Waals surface area contributed by atoms with Gasteiger partial charge in [-0.1, -0.05) is 12.1 Å². The molecular weight excluding hydrogens is 328 g/mol. The Balaban J connectivity index is 2.05. The lowest BCUT2D eigenvalue weighted by atomic mass is 10.2. The third-order valence-electron chi connectivity index (χ3n) is 3.16. The molecule has 2 rings (SSSR count). The Morgan fingerprint density at radius 2 is 1.67 bits per heavy atom. The molecule has 0 radical (unpaired) electrons. The number of benzene rings is 2. The number of para-hydroxylation sites is 1. The number of esters is 1. The molecule has 0 bridgehead atoms. The molecule has 0 saturated heterocycles. The number of hydrogen-bond donors (Lipinski definition) is 2. The predicted molar refractivity (Wildman–Crippen MR) is 94.5 cm³/mol. The molecule has 2 aromatic carbocycles. The van der Waals surface area contributed by atoms with E-state index in [4.69, 9.17) is 21.7 Å². The molecule has 0 aliphatic carbocycles. The van der Waals surface area contributed by atoms with Crippen molar-refractivity contribution < 1.29 is 19.1 Å². The Bertz CT molecular complexity index is 759. The maximum atomic E-state index is 12.1. The number of methoxy groups -OCH3 is 2. The van der Waals surface area contributed by atoms with E-state index < -0.39 is 5.97 Å². The van der Waals surface area contributed by atoms with Crippen LogP contribution in [0, 0.1) is 0 Å². The lowest BCUT2D eigenvalue weighted by Gasteiger charge is -2.12. The van der Waals surface area contributed by atoms with Gasteiger partial charge in [-0.2, -0.15) is 0 Å². The normalized spacial score (nSPS) is 9.75. The number of carbonyl (C=O) groups excluding carboxylic acids is 2. The third kappa shape index (κ3) is 4.30. The summed E-state index contributed by atoms with van der Waals surface area (Å²) in [7, 11) is 2.84. The number of anilines is 1. The van der Waals surface area contributed by atoms with E-state index in [-0.39, 0.29) is 11.0 Å². The summed E-state index contributed by atoms with van der Waals surface area (Å²) in [5.74, 6) is -0.215. The van der Waals surface area contributed by atoms with Crippen molar-refractivity contribution in [2.75, 3.05) is 19.5 Å². The van der Waals surface area contributed by atoms with Crippen LogP contribution in [0.3, 0.4) is 0 Å². The van der Waals surface area contributed by atoms with Gasteiger partial charge in [-0.3, -0.25) is 10.1 Å². The highest BCUT2D eigenvalue weighted by molar-refractivity contribution is 7.80. The van der Waals surface area contributed by atoms with Gasteiger partial charge in [0.25, 0.3) is 5.91 Å². The number of hydrogen-bond acceptors (Lipinski definition) is 5. The van der Waals surface area contributed by atoms with Crippen molar-refractivity contribution in [2.24, 2.45) is 0 Å². The zero-order valence-electron chi connectivity index (χ0n) is 13.2. The van der Waals surface area contributed by atoms with Gasteiger partial charge >= 0.3 is 5.97 Å². The number of amides is 1. The van der Waals surface area contributed by atoms with Crippen molar-refractivity contribution in [3.05, 3.63) is 59.7 Å². The molecule has 0 aliphatic rings. The van der Waals surface area contributed by atoms with Crippen molar-refractivity contribution in [2.45, 2.75) is 0 Å². The van der Waals surface area contributed by atoms with E-state index in [0.717, 1.165) is 0 Å². The number of nitrogens with one attached hydrogen (secondary N) is 2. The van der Waals surface area contributed by atoms with Gasteiger partial charge in [-0.25, -0.2) is 4.79 Å². The minimum absolute atomic E-state index is 0.0761. The smallest absolute Gasteiger partial charge is 0.339 e. The van der Waals surface area contributed by atoms with Crippen LogP contribution in [0.1, 0.15) is 20.7 Å². The fourth-order valence-electron chi connectivity index (χ4n) is 1.95. The summed E-state index contributed by atoms with van der Waals surface area (Å²) in [4.78, 5) is 23.9. The molecule has 2 N–H and O–H groups in total. The molecule has 0 aromatic heterocycles. The van der Waals surface area contributed by atoms with Crippen LogP contribution >= 0.6 is 12.2 Å². The molecular formula is C17H16N2O4S. The number of ether oxygens (including phenoxy) is 2. The fourth-order valence-corrected chi connectivity index (χ4v) is 2.15. The molecule has 0 saturated carbocycles. The molecule has 0 heterocycles. The zero-order valence-corrected chi connectivity index (χ0v) is 14.0. The lowest BCUT2D eigenvalue weighted by molar-refractivity contribution is 0.0602. The minimum Gasteiger partial charge on any atom is -0.497 e. The second kappa shape index (κ2) is 8.07. The van der Waals surface area contributed by atoms with Crippen LogP contribution in [-0.2, 0) is 4.74 Å². The van der Waals surface area contributed by atoms with E-state index in [2.05, 4.69) is 10.6 Å². The first-order valence-electron chi connectivity index (χ1n) is 6.99. The largest absolute Gasteiger partial charge is 0.497 e. The van der Waals surface area contributed by atoms with Gasteiger partial charge in [0, 0.05) is 5.56 Å². The van der Waals surface area contributed by atoms with E-state index in [9.17, 15) is 9.59 Å². The molecule has 6 nitrogen and oxygen atoms in total. The molecule has 0 atom stereocenters. The molecule has 124 valence electrons. The Morgan fingerprint density at radius 3 is 2.29 bits per heavy atom. The number of carbonyl (C=O) groups is 2. The first kappa shape index (κ1) is 17.4. The van der Waals surface area contributed by atoms with Crippen LogP contribution in [0.15, 0.2) is 48.5 Å². The highest BCUT2D eigenvalue weighted by Crippen LogP contribution is 2.16. The predicted octanol–water partition coefficient (Wildman–Crippen LogP) is 2.61. The summed E-state index contributed by atoms with van der Waals surface area (Å²) >= 11 is 5.12. The maximum absolute atomic E-state index is 12.1. The van der Waals surface area contributed by atoms with Crippen molar-refractivity contribution in [1.29, 1.82) is 0 Å². The van der Waals surface area contributed by atoms with Crippen molar-refractivity contribution >= 4 is 34.9 Å². The standard InChI is InChI=1S/C17H16N2O4S/c1-22-12-9-7-11(8-10-12)15(20)19-17(24)18-14-6-4-3-5-13(14)16(21)23-2/h3-10H,1-2H3,(H2,18,19,20,24). The number of rotatable bonds is 4. The van der Waals surface area contributed by atoms with Gasteiger partial charge in [0.15, 0.2) is 5.11 Å². The monoisotopic (exact) mass is 344 g/mol. The van der Waals surface area contributed by atoms with Crippen LogP contribution in [0.2, 0.25) is 0 Å². The molecule has 1 amide bonds. The molecule has 24 heavy (non-hydrogen) atoms. The Labute approximate surface area is 144 Å². The van der Waals surface area contributed by atoms with Crippen molar-refractivity contribution in [3.8, 4) is 5.75 Å². The van der Waals surface area contributed by atoms with Crippen LogP contribution in [0.5, 0.6) is 5.75 Å². The van der Waals surface area contributed by atoms with Crippen LogP contribution in [0.25, 0.3) is 0 Å². The van der Waals surface area contributed by atoms with Crippen LogP contribution < -0.4 is 15.4 Å². The maximum Gasteiger partial charge on any atom is 0.339 e. The molecule has 7 heteroatoms. The van der Waals surface area contributed by atoms with Crippen LogP contribution in [0.4, 0.5) is 5.69 Å². The van der Waals surface area contributed by atoms with E-state index in [1.54, 1.807) is 55.6 Å². The second-order valence-corrected chi connectivity index (χ2v) is 5.08. The average Bonchev–Trinajstić information content (AvgIpc) is 2.61. The highest BCUT2D eigenvalue weighted by Gasteiger charge is 2.13. The van der Waals surface area contributed by atoms with Gasteiger partial charge in [-0.15, -0.1) is 0 Å². The summed E-state index contributed by atoms with van der Waals surface area (Å²) in [6.07, 6.45) is 0. The minimum atomic E-state index is -0.498. The fraction of sp³-hybridized carbons (Fsp3) is 0.118. The number of thiocarbonyl (C=S) groups is 1. The highest BCUT2D eigenvalue weighted by atomic mass is 32.1. The van der Waals surface area contributed by atoms with E-state index >= 15 is 0 Å². The molecule has 0 unspecified atom stereocenters. The summed E-state index contributed by atoms with van der Waals surface area (Å²) in [5.41, 5.74) is 1.20. The van der Waals surface area contributed by atoms with E-state index in [1.165, 1.54) is 7.11 Å². The SMILES string of the molecule is COC(=O)c1ccccc1NC(=S)NC(=O)c1ccc(OC)cc1. The molecule has 0 spiro atoms. The Kier molecular flexibility index (Phi) is 5.86. The lowest BCUT2D eigenvalue weighted by Crippen LogP contribution is -2.34. The van der Waals surface area contributed by atoms with Crippen LogP contribution in [-0.4, -0.2) is 31.2 Å². The first-order valence-corrected chi connectivity index (χ1v) is 7.39. The van der Waals surface area contributed by atoms with Crippen molar-refractivity contribution in [3.63, 3.8) is 0 Å². The quantitative estimate of drug-likeness (QED) is 0.656. The average molecular weight is 344 g/mol. The molecule has 0 fully saturated rings. The molecule has 0 aliphatic heterocycles. The second-order valence-electron chi connectivity index (χ2n) is 4.67. The summed E-state index contributed by atoms with van der Waals surface area (Å²) in [6, 6.07) is 13.3. The van der Waals surface area contributed by atoms with Gasteiger partial charge in [0.2, 0.25) is 0 Å². The summed E-state index contributed by atoms with van der Waals surface area (Å²) in [6.45, 7) is 0. The third-order valence-corrected chi connectivity index (χ3v) is 3.36. The Hall–Kier alpha value is -2.93. The van der Waals surface area contributed by atoms with Gasteiger partial charge in [-0.05, 0) is 48.6 Å². The molecule has 2 aromatic rings. The topological polar surface area (TPSA) is 76.7 Å². The van der Waals surface area contributed by atoms with Crippen molar-refractivity contribution in [1.82, 2.24) is 5.32 Å².